The lowest BCUT2D eigenvalue weighted by Crippen LogP contribution is -2.42. The number of carbonyl (C=O) groups is 1. The number of benzene rings is 2. The van der Waals surface area contributed by atoms with Gasteiger partial charge < -0.3 is 4.90 Å². The Labute approximate surface area is 134 Å². The van der Waals surface area contributed by atoms with E-state index in [0.717, 1.165) is 24.1 Å². The van der Waals surface area contributed by atoms with Crippen molar-refractivity contribution in [2.45, 2.75) is 25.3 Å². The van der Waals surface area contributed by atoms with Crippen LogP contribution in [0.15, 0.2) is 48.5 Å². The van der Waals surface area contributed by atoms with Gasteiger partial charge in [-0.2, -0.15) is 0 Å². The predicted molar refractivity (Wildman–Crippen MR) is 88.8 cm³/mol. The first-order chi connectivity index (χ1) is 11.1. The molecule has 0 aromatic heterocycles. The molecule has 23 heavy (non-hydrogen) atoms. The molecule has 0 N–H and O–H groups in total. The minimum absolute atomic E-state index is 0.0462. The summed E-state index contributed by atoms with van der Waals surface area (Å²) in [5.41, 5.74) is 3.24. The number of hydrogen-bond donors (Lipinski definition) is 0. The first-order valence-corrected chi connectivity index (χ1v) is 7.63. The fourth-order valence-electron chi connectivity index (χ4n) is 3.15. The molecule has 0 saturated heterocycles. The third kappa shape index (κ3) is 3.08. The molecule has 5 heteroatoms. The highest BCUT2D eigenvalue weighted by Gasteiger charge is 2.28. The van der Waals surface area contributed by atoms with Gasteiger partial charge in [-0.25, -0.2) is 0 Å². The third-order valence-electron chi connectivity index (χ3n) is 4.42. The zero-order chi connectivity index (χ0) is 16.4. The second-order valence-electron chi connectivity index (χ2n) is 5.86. The van der Waals surface area contributed by atoms with E-state index >= 15 is 0 Å². The number of Topliss-reactive ketones (excluding diaryl/α,β-unsaturated/α-hetero) is 1. The van der Waals surface area contributed by atoms with Crippen LogP contribution in [0, 0.1) is 10.1 Å². The highest BCUT2D eigenvalue weighted by Crippen LogP contribution is 2.30. The molecule has 5 nitrogen and oxygen atoms in total. The van der Waals surface area contributed by atoms with Crippen molar-refractivity contribution >= 4 is 17.2 Å². The number of carbonyl (C=O) groups excluding carboxylic acids is 1. The van der Waals surface area contributed by atoms with E-state index in [4.69, 9.17) is 0 Å². The topological polar surface area (TPSA) is 63.5 Å². The molecular weight excluding hydrogens is 292 g/mol. The van der Waals surface area contributed by atoms with Crippen molar-refractivity contribution in [3.8, 4) is 0 Å². The fraction of sp³-hybridized carbons (Fsp3) is 0.278. The average molecular weight is 310 g/mol. The molecule has 0 radical (unpaired) electrons. The number of hydrogen-bond acceptors (Lipinski definition) is 4. The zero-order valence-electron chi connectivity index (χ0n) is 12.9. The number of para-hydroxylation sites is 1. The molecule has 0 saturated carbocycles. The molecule has 0 spiro atoms. The third-order valence-corrected chi connectivity index (χ3v) is 4.42. The molecule has 2 aromatic rings. The van der Waals surface area contributed by atoms with Gasteiger partial charge in [-0.1, -0.05) is 30.3 Å². The number of anilines is 1. The van der Waals surface area contributed by atoms with E-state index in [-0.39, 0.29) is 17.5 Å². The molecule has 1 aliphatic rings. The summed E-state index contributed by atoms with van der Waals surface area (Å²) in [5.74, 6) is 0.149. The number of rotatable bonds is 4. The lowest BCUT2D eigenvalue weighted by Gasteiger charge is -2.35. The number of aryl methyl sites for hydroxylation is 1. The summed E-state index contributed by atoms with van der Waals surface area (Å²) in [5, 5.41) is 10.7. The van der Waals surface area contributed by atoms with Gasteiger partial charge in [0.25, 0.3) is 5.69 Å². The Hall–Kier alpha value is -2.69. The molecule has 1 heterocycles. The Balaban J connectivity index is 1.73. The van der Waals surface area contributed by atoms with E-state index in [1.165, 1.54) is 17.7 Å². The van der Waals surface area contributed by atoms with Gasteiger partial charge in [0.05, 0.1) is 11.0 Å². The Bertz CT molecular complexity index is 740. The van der Waals surface area contributed by atoms with Crippen LogP contribution < -0.4 is 4.90 Å². The maximum atomic E-state index is 12.6. The van der Waals surface area contributed by atoms with E-state index in [1.807, 2.05) is 30.1 Å². The van der Waals surface area contributed by atoms with E-state index in [1.54, 1.807) is 12.1 Å². The monoisotopic (exact) mass is 310 g/mol. The van der Waals surface area contributed by atoms with Gasteiger partial charge in [0.2, 0.25) is 0 Å². The van der Waals surface area contributed by atoms with Gasteiger partial charge in [-0.15, -0.1) is 0 Å². The van der Waals surface area contributed by atoms with Crippen molar-refractivity contribution < 1.29 is 9.72 Å². The van der Waals surface area contributed by atoms with Crippen molar-refractivity contribution in [3.63, 3.8) is 0 Å². The highest BCUT2D eigenvalue weighted by molar-refractivity contribution is 5.89. The molecular formula is C18H18N2O3. The average Bonchev–Trinajstić information content (AvgIpc) is 2.56. The smallest absolute Gasteiger partial charge is 0.269 e. The van der Waals surface area contributed by atoms with E-state index in [9.17, 15) is 14.9 Å². The molecule has 1 aliphatic heterocycles. The number of nitro groups is 1. The number of fused-ring (bicyclic) bond motifs is 1. The van der Waals surface area contributed by atoms with Crippen LogP contribution in [0.5, 0.6) is 0 Å². The lowest BCUT2D eigenvalue weighted by atomic mass is 9.91. The molecule has 0 aliphatic carbocycles. The molecule has 0 fully saturated rings. The maximum absolute atomic E-state index is 12.6. The van der Waals surface area contributed by atoms with Crippen molar-refractivity contribution in [1.82, 2.24) is 0 Å². The van der Waals surface area contributed by atoms with Gasteiger partial charge in [0, 0.05) is 31.3 Å². The number of nitrogens with zero attached hydrogens (tertiary/aromatic N) is 2. The Morgan fingerprint density at radius 3 is 2.61 bits per heavy atom. The summed E-state index contributed by atoms with van der Waals surface area (Å²) >= 11 is 0. The minimum atomic E-state index is -0.433. The summed E-state index contributed by atoms with van der Waals surface area (Å²) in [6, 6.07) is 14.2. The second-order valence-corrected chi connectivity index (χ2v) is 5.86. The number of nitro benzene ring substituents is 1. The van der Waals surface area contributed by atoms with Crippen molar-refractivity contribution in [2.24, 2.45) is 0 Å². The normalized spacial score (nSPS) is 16.7. The molecule has 0 bridgehead atoms. The van der Waals surface area contributed by atoms with Crippen LogP contribution >= 0.6 is 0 Å². The van der Waals surface area contributed by atoms with Crippen molar-refractivity contribution in [3.05, 3.63) is 69.8 Å². The summed E-state index contributed by atoms with van der Waals surface area (Å²) < 4.78 is 0. The van der Waals surface area contributed by atoms with Crippen molar-refractivity contribution in [2.75, 3.05) is 11.9 Å². The van der Waals surface area contributed by atoms with Crippen LogP contribution in [0.2, 0.25) is 0 Å². The Morgan fingerprint density at radius 2 is 1.91 bits per heavy atom. The largest absolute Gasteiger partial charge is 0.364 e. The first-order valence-electron chi connectivity index (χ1n) is 7.63. The number of ketones is 1. The SMILES string of the molecule is CN1c2ccccc2CCC1C(=O)Cc1ccc([N+](=O)[O-])cc1. The molecule has 118 valence electrons. The maximum Gasteiger partial charge on any atom is 0.269 e. The van der Waals surface area contributed by atoms with Crippen LogP contribution in [0.25, 0.3) is 0 Å². The van der Waals surface area contributed by atoms with E-state index in [2.05, 4.69) is 6.07 Å². The summed E-state index contributed by atoms with van der Waals surface area (Å²) in [7, 11) is 1.95. The van der Waals surface area contributed by atoms with Crippen LogP contribution in [0.4, 0.5) is 11.4 Å². The molecule has 1 atom stereocenters. The van der Waals surface area contributed by atoms with Gasteiger partial charge in [0.15, 0.2) is 5.78 Å². The predicted octanol–water partition coefficient (Wildman–Crippen LogP) is 3.16. The fourth-order valence-corrected chi connectivity index (χ4v) is 3.15. The molecule has 3 rings (SSSR count). The quantitative estimate of drug-likeness (QED) is 0.643. The number of non-ortho nitro benzene ring substituents is 1. The number of likely N-dealkylation sites (N-methyl/N-ethyl adjacent to an activating group) is 1. The lowest BCUT2D eigenvalue weighted by molar-refractivity contribution is -0.384. The first kappa shape index (κ1) is 15.2. The highest BCUT2D eigenvalue weighted by atomic mass is 16.6. The zero-order valence-corrected chi connectivity index (χ0v) is 12.9. The van der Waals surface area contributed by atoms with Crippen molar-refractivity contribution in [1.29, 1.82) is 0 Å². The van der Waals surface area contributed by atoms with E-state index < -0.39 is 4.92 Å². The molecule has 2 aromatic carbocycles. The van der Waals surface area contributed by atoms with Crippen LogP contribution in [0.3, 0.4) is 0 Å². The van der Waals surface area contributed by atoms with Gasteiger partial charge in [-0.05, 0) is 30.0 Å². The Morgan fingerprint density at radius 1 is 1.22 bits per heavy atom. The van der Waals surface area contributed by atoms with Gasteiger partial charge in [0.1, 0.15) is 0 Å². The molecule has 1 unspecified atom stereocenters. The Kier molecular flexibility index (Phi) is 4.10. The summed E-state index contributed by atoms with van der Waals surface area (Å²) in [6.07, 6.45) is 2.01. The van der Waals surface area contributed by atoms with E-state index in [0.29, 0.717) is 6.42 Å². The second kappa shape index (κ2) is 6.20. The van der Waals surface area contributed by atoms with Crippen LogP contribution in [-0.2, 0) is 17.6 Å². The standard InChI is InChI=1S/C18H18N2O3/c1-19-16-5-3-2-4-14(16)8-11-17(19)18(21)12-13-6-9-15(10-7-13)20(22)23/h2-7,9-10,17H,8,11-12H2,1H3. The van der Waals surface area contributed by atoms with Gasteiger partial charge in [-0.3, -0.25) is 14.9 Å². The minimum Gasteiger partial charge on any atom is -0.364 e. The summed E-state index contributed by atoms with van der Waals surface area (Å²) in [6.45, 7) is 0. The van der Waals surface area contributed by atoms with Gasteiger partial charge >= 0.3 is 0 Å². The summed E-state index contributed by atoms with van der Waals surface area (Å²) in [4.78, 5) is 24.9. The van der Waals surface area contributed by atoms with Crippen LogP contribution in [-0.4, -0.2) is 23.8 Å². The molecule has 0 amide bonds. The van der Waals surface area contributed by atoms with Crippen LogP contribution in [0.1, 0.15) is 17.5 Å².